The van der Waals surface area contributed by atoms with Crippen LogP contribution in [0.4, 0.5) is 5.69 Å². The van der Waals surface area contributed by atoms with E-state index in [-0.39, 0.29) is 16.4 Å². The molecule has 3 aromatic rings. The number of pyridine rings is 1. The number of anilines is 1. The van der Waals surface area contributed by atoms with Crippen LogP contribution in [-0.2, 0) is 16.6 Å². The first-order valence-corrected chi connectivity index (χ1v) is 10.7. The van der Waals surface area contributed by atoms with E-state index in [0.29, 0.717) is 12.2 Å². The van der Waals surface area contributed by atoms with Crippen molar-refractivity contribution in [3.63, 3.8) is 0 Å². The van der Waals surface area contributed by atoms with Crippen LogP contribution in [0.15, 0.2) is 76.2 Å². The van der Waals surface area contributed by atoms with Gasteiger partial charge in [0.05, 0.1) is 4.90 Å². The lowest BCUT2D eigenvalue weighted by molar-refractivity contribution is 0.0950. The summed E-state index contributed by atoms with van der Waals surface area (Å²) in [5.41, 5.74) is 2.45. The highest BCUT2D eigenvalue weighted by molar-refractivity contribution is 9.10. The highest BCUT2D eigenvalue weighted by atomic mass is 79.9. The van der Waals surface area contributed by atoms with Crippen LogP contribution < -0.4 is 10.0 Å². The van der Waals surface area contributed by atoms with Crippen molar-refractivity contribution in [3.05, 3.63) is 88.2 Å². The van der Waals surface area contributed by atoms with Gasteiger partial charge in [-0.05, 0) is 61.0 Å². The van der Waals surface area contributed by atoms with Gasteiger partial charge in [0.25, 0.3) is 15.9 Å². The van der Waals surface area contributed by atoms with E-state index in [0.717, 1.165) is 15.7 Å². The molecule has 0 aliphatic rings. The summed E-state index contributed by atoms with van der Waals surface area (Å²) < 4.78 is 28.6. The number of rotatable bonds is 6. The minimum absolute atomic E-state index is 0.0140. The van der Waals surface area contributed by atoms with Gasteiger partial charge in [0, 0.05) is 34.2 Å². The van der Waals surface area contributed by atoms with Crippen molar-refractivity contribution in [2.45, 2.75) is 18.4 Å². The van der Waals surface area contributed by atoms with Gasteiger partial charge in [-0.3, -0.25) is 14.5 Å². The van der Waals surface area contributed by atoms with Crippen LogP contribution in [0.2, 0.25) is 0 Å². The maximum absolute atomic E-state index is 12.6. The van der Waals surface area contributed by atoms with E-state index in [4.69, 9.17) is 0 Å². The summed E-state index contributed by atoms with van der Waals surface area (Å²) in [6.07, 6.45) is 1.69. The third-order valence-corrected chi connectivity index (χ3v) is 5.84. The standard InChI is InChI=1S/C20H18BrN3O3S/c1-14-5-6-15(12-22-14)13-23-20(25)16-3-2-4-19(11-16)28(26,27)24-18-9-7-17(21)8-10-18/h2-12,24H,13H2,1H3,(H,23,25). The molecule has 2 N–H and O–H groups in total. The number of benzene rings is 2. The number of sulfonamides is 1. The van der Waals surface area contributed by atoms with Gasteiger partial charge >= 0.3 is 0 Å². The average Bonchev–Trinajstić information content (AvgIpc) is 2.69. The molecule has 28 heavy (non-hydrogen) atoms. The van der Waals surface area contributed by atoms with Crippen LogP contribution >= 0.6 is 15.9 Å². The van der Waals surface area contributed by atoms with Crippen molar-refractivity contribution in [1.29, 1.82) is 0 Å². The zero-order chi connectivity index (χ0) is 20.1. The Hall–Kier alpha value is -2.71. The molecule has 0 bridgehead atoms. The Labute approximate surface area is 172 Å². The lowest BCUT2D eigenvalue weighted by atomic mass is 10.2. The number of halogens is 1. The molecule has 6 nitrogen and oxygen atoms in total. The monoisotopic (exact) mass is 459 g/mol. The van der Waals surface area contributed by atoms with Gasteiger partial charge in [-0.2, -0.15) is 0 Å². The molecular formula is C20H18BrN3O3S. The summed E-state index contributed by atoms with van der Waals surface area (Å²) in [7, 11) is -3.81. The smallest absolute Gasteiger partial charge is 0.261 e. The third-order valence-electron chi connectivity index (χ3n) is 3.93. The first-order valence-electron chi connectivity index (χ1n) is 8.42. The lowest BCUT2D eigenvalue weighted by Gasteiger charge is -2.10. The molecule has 1 heterocycles. The first kappa shape index (κ1) is 20.0. The number of aryl methyl sites for hydroxylation is 1. The predicted octanol–water partition coefficient (Wildman–Crippen LogP) is 3.88. The van der Waals surface area contributed by atoms with Gasteiger partial charge in [0.1, 0.15) is 0 Å². The Balaban J connectivity index is 1.72. The van der Waals surface area contributed by atoms with Crippen molar-refractivity contribution in [2.24, 2.45) is 0 Å². The fourth-order valence-corrected chi connectivity index (χ4v) is 3.79. The van der Waals surface area contributed by atoms with Crippen molar-refractivity contribution in [3.8, 4) is 0 Å². The van der Waals surface area contributed by atoms with Crippen LogP contribution in [0.25, 0.3) is 0 Å². The van der Waals surface area contributed by atoms with Crippen LogP contribution in [0.5, 0.6) is 0 Å². The van der Waals surface area contributed by atoms with Crippen LogP contribution in [0.1, 0.15) is 21.6 Å². The van der Waals surface area contributed by atoms with E-state index >= 15 is 0 Å². The van der Waals surface area contributed by atoms with Gasteiger partial charge in [-0.25, -0.2) is 8.42 Å². The van der Waals surface area contributed by atoms with Crippen molar-refractivity contribution in [2.75, 3.05) is 4.72 Å². The van der Waals surface area contributed by atoms with Crippen LogP contribution in [0, 0.1) is 6.92 Å². The normalized spacial score (nSPS) is 11.1. The number of nitrogens with one attached hydrogen (secondary N) is 2. The maximum atomic E-state index is 12.6. The largest absolute Gasteiger partial charge is 0.348 e. The number of hydrogen-bond donors (Lipinski definition) is 2. The molecule has 0 spiro atoms. The van der Waals surface area contributed by atoms with E-state index in [2.05, 4.69) is 31.0 Å². The fraction of sp³-hybridized carbons (Fsp3) is 0.100. The Morgan fingerprint density at radius 2 is 1.82 bits per heavy atom. The van der Waals surface area contributed by atoms with Crippen molar-refractivity contribution in [1.82, 2.24) is 10.3 Å². The third kappa shape index (κ3) is 5.17. The second-order valence-electron chi connectivity index (χ2n) is 6.13. The van der Waals surface area contributed by atoms with E-state index in [1.54, 1.807) is 42.6 Å². The first-order chi connectivity index (χ1) is 13.3. The molecule has 0 saturated heterocycles. The molecule has 0 fully saturated rings. The molecule has 0 unspecified atom stereocenters. The molecule has 0 aliphatic carbocycles. The molecule has 0 atom stereocenters. The number of hydrogen-bond acceptors (Lipinski definition) is 4. The zero-order valence-electron chi connectivity index (χ0n) is 15.0. The predicted molar refractivity (Wildman–Crippen MR) is 112 cm³/mol. The Bertz CT molecular complexity index is 1080. The lowest BCUT2D eigenvalue weighted by Crippen LogP contribution is -2.23. The van der Waals surface area contributed by atoms with E-state index in [1.165, 1.54) is 12.1 Å². The summed E-state index contributed by atoms with van der Waals surface area (Å²) in [6, 6.07) is 16.4. The van der Waals surface area contributed by atoms with Crippen molar-refractivity contribution < 1.29 is 13.2 Å². The van der Waals surface area contributed by atoms with E-state index in [9.17, 15) is 13.2 Å². The molecule has 1 amide bonds. The minimum atomic E-state index is -3.81. The van der Waals surface area contributed by atoms with Gasteiger partial charge in [0.15, 0.2) is 0 Å². The SMILES string of the molecule is Cc1ccc(CNC(=O)c2cccc(S(=O)(=O)Nc3ccc(Br)cc3)c2)cn1. The van der Waals surface area contributed by atoms with Crippen LogP contribution in [-0.4, -0.2) is 19.3 Å². The molecule has 2 aromatic carbocycles. The number of amides is 1. The second-order valence-corrected chi connectivity index (χ2v) is 8.73. The van der Waals surface area contributed by atoms with Gasteiger partial charge in [-0.1, -0.05) is 28.1 Å². The molecular weight excluding hydrogens is 442 g/mol. The van der Waals surface area contributed by atoms with E-state index < -0.39 is 10.0 Å². The Kier molecular flexibility index (Phi) is 6.11. The molecule has 3 rings (SSSR count). The minimum Gasteiger partial charge on any atom is -0.348 e. The molecule has 1 aromatic heterocycles. The Morgan fingerprint density at radius 1 is 1.07 bits per heavy atom. The summed E-state index contributed by atoms with van der Waals surface area (Å²) in [5.74, 6) is -0.360. The van der Waals surface area contributed by atoms with Crippen LogP contribution in [0.3, 0.4) is 0 Å². The quantitative estimate of drug-likeness (QED) is 0.585. The zero-order valence-corrected chi connectivity index (χ0v) is 17.4. The molecule has 8 heteroatoms. The molecule has 0 aliphatic heterocycles. The van der Waals surface area contributed by atoms with Gasteiger partial charge < -0.3 is 5.32 Å². The summed E-state index contributed by atoms with van der Waals surface area (Å²) in [4.78, 5) is 16.6. The molecule has 0 saturated carbocycles. The van der Waals surface area contributed by atoms with Gasteiger partial charge in [-0.15, -0.1) is 0 Å². The second kappa shape index (κ2) is 8.53. The molecule has 0 radical (unpaired) electrons. The highest BCUT2D eigenvalue weighted by Crippen LogP contribution is 2.19. The maximum Gasteiger partial charge on any atom is 0.261 e. The summed E-state index contributed by atoms with van der Waals surface area (Å²) in [6.45, 7) is 2.19. The Morgan fingerprint density at radius 3 is 2.50 bits per heavy atom. The van der Waals surface area contributed by atoms with Gasteiger partial charge in [0.2, 0.25) is 0 Å². The summed E-state index contributed by atoms with van der Waals surface area (Å²) >= 11 is 3.30. The topological polar surface area (TPSA) is 88.2 Å². The number of carbonyl (C=O) groups is 1. The molecule has 144 valence electrons. The average molecular weight is 460 g/mol. The summed E-state index contributed by atoms with van der Waals surface area (Å²) in [5, 5.41) is 2.77. The number of aromatic nitrogens is 1. The highest BCUT2D eigenvalue weighted by Gasteiger charge is 2.16. The van der Waals surface area contributed by atoms with E-state index in [1.807, 2.05) is 19.1 Å². The van der Waals surface area contributed by atoms with Crippen molar-refractivity contribution >= 4 is 37.5 Å². The number of carbonyl (C=O) groups excluding carboxylic acids is 1. The number of nitrogens with zero attached hydrogens (tertiary/aromatic N) is 1. The fourth-order valence-electron chi connectivity index (χ4n) is 2.42.